The molecule has 0 fully saturated rings. The lowest BCUT2D eigenvalue weighted by Gasteiger charge is -2.13. The number of alkyl halides is 3. The van der Waals surface area contributed by atoms with Crippen LogP contribution in [0.25, 0.3) is 0 Å². The van der Waals surface area contributed by atoms with E-state index in [1.54, 1.807) is 0 Å². The van der Waals surface area contributed by atoms with Gasteiger partial charge in [0.25, 0.3) is 0 Å². The number of benzene rings is 2. The Morgan fingerprint density at radius 1 is 0.952 bits per heavy atom. The molecule has 0 bridgehead atoms. The summed E-state index contributed by atoms with van der Waals surface area (Å²) in [4.78, 5) is 12.4. The minimum atomic E-state index is -4.90. The highest BCUT2D eigenvalue weighted by Crippen LogP contribution is 2.32. The summed E-state index contributed by atoms with van der Waals surface area (Å²) in [5.41, 5.74) is -0.344. The lowest BCUT2D eigenvalue weighted by Crippen LogP contribution is -2.19. The topological polar surface area (TPSA) is 26.3 Å². The van der Waals surface area contributed by atoms with E-state index in [1.807, 2.05) is 0 Å². The average Bonchev–Trinajstić information content (AvgIpc) is 2.37. The Balaban J connectivity index is 2.50. The number of para-hydroxylation sites is 1. The average molecular weight is 335 g/mol. The fourth-order valence-corrected chi connectivity index (χ4v) is 2.29. The summed E-state index contributed by atoms with van der Waals surface area (Å²) in [6.45, 7) is 0. The molecule has 0 atom stereocenters. The van der Waals surface area contributed by atoms with Crippen molar-refractivity contribution >= 4 is 29.0 Å². The summed E-state index contributed by atoms with van der Waals surface area (Å²) in [6, 6.07) is 9.38. The fourth-order valence-electron chi connectivity index (χ4n) is 1.72. The monoisotopic (exact) mass is 334 g/mol. The van der Waals surface area contributed by atoms with Crippen molar-refractivity contribution in [2.75, 3.05) is 0 Å². The van der Waals surface area contributed by atoms with E-state index in [9.17, 15) is 18.0 Å². The highest BCUT2D eigenvalue weighted by molar-refractivity contribution is 6.41. The normalized spacial score (nSPS) is 11.3. The minimum absolute atomic E-state index is 0.0503. The van der Waals surface area contributed by atoms with Crippen LogP contribution in [0, 0.1) is 0 Å². The van der Waals surface area contributed by atoms with Crippen molar-refractivity contribution in [2.45, 2.75) is 6.36 Å². The van der Waals surface area contributed by atoms with E-state index >= 15 is 0 Å². The molecule has 0 radical (unpaired) electrons. The van der Waals surface area contributed by atoms with E-state index in [0.717, 1.165) is 6.07 Å². The van der Waals surface area contributed by atoms with Gasteiger partial charge in [0, 0.05) is 0 Å². The third-order valence-electron chi connectivity index (χ3n) is 2.55. The molecule has 110 valence electrons. The van der Waals surface area contributed by atoms with Crippen LogP contribution >= 0.6 is 23.2 Å². The maximum atomic E-state index is 12.4. The molecule has 2 nitrogen and oxygen atoms in total. The third kappa shape index (κ3) is 3.68. The standard InChI is InChI=1S/C14H7Cl2F3O2/c15-9-5-3-6-10(16)12(9)13(20)8-4-1-2-7-11(8)21-14(17,18)19/h1-7H. The second-order valence-electron chi connectivity index (χ2n) is 3.97. The number of rotatable bonds is 3. The van der Waals surface area contributed by atoms with Crippen molar-refractivity contribution in [2.24, 2.45) is 0 Å². The van der Waals surface area contributed by atoms with Gasteiger partial charge >= 0.3 is 6.36 Å². The Labute approximate surface area is 128 Å². The maximum absolute atomic E-state index is 12.4. The van der Waals surface area contributed by atoms with Gasteiger partial charge < -0.3 is 4.74 Å². The maximum Gasteiger partial charge on any atom is 0.573 e. The molecule has 7 heteroatoms. The van der Waals surface area contributed by atoms with Gasteiger partial charge in [-0.25, -0.2) is 0 Å². The molecule has 0 aromatic heterocycles. The van der Waals surface area contributed by atoms with Gasteiger partial charge in [0.05, 0.1) is 21.2 Å². The summed E-state index contributed by atoms with van der Waals surface area (Å²) in [7, 11) is 0. The Morgan fingerprint density at radius 2 is 1.52 bits per heavy atom. The van der Waals surface area contributed by atoms with Crippen LogP contribution < -0.4 is 4.74 Å². The molecule has 0 heterocycles. The predicted molar refractivity (Wildman–Crippen MR) is 73.0 cm³/mol. The number of carbonyl (C=O) groups excluding carboxylic acids is 1. The largest absolute Gasteiger partial charge is 0.573 e. The molecule has 0 unspecified atom stereocenters. The molecule has 0 saturated carbocycles. The Morgan fingerprint density at radius 3 is 2.10 bits per heavy atom. The second kappa shape index (κ2) is 5.95. The first kappa shape index (κ1) is 15.7. The van der Waals surface area contributed by atoms with Gasteiger partial charge in [0.1, 0.15) is 5.75 Å². The van der Waals surface area contributed by atoms with E-state index in [4.69, 9.17) is 23.2 Å². The third-order valence-corrected chi connectivity index (χ3v) is 3.18. The van der Waals surface area contributed by atoms with Crippen LogP contribution in [0.3, 0.4) is 0 Å². The summed E-state index contributed by atoms with van der Waals surface area (Å²) >= 11 is 11.8. The van der Waals surface area contributed by atoms with Gasteiger partial charge in [-0.3, -0.25) is 4.79 Å². The lowest BCUT2D eigenvalue weighted by atomic mass is 10.0. The summed E-state index contributed by atoms with van der Waals surface area (Å²) in [5.74, 6) is -1.35. The minimum Gasteiger partial charge on any atom is -0.405 e. The summed E-state index contributed by atoms with van der Waals surface area (Å²) < 4.78 is 40.9. The van der Waals surface area contributed by atoms with Crippen LogP contribution in [0.4, 0.5) is 13.2 Å². The van der Waals surface area contributed by atoms with Crippen molar-refractivity contribution in [1.29, 1.82) is 0 Å². The first-order valence-electron chi connectivity index (χ1n) is 5.63. The van der Waals surface area contributed by atoms with Crippen LogP contribution in [-0.4, -0.2) is 12.1 Å². The Hall–Kier alpha value is -1.72. The number of ketones is 1. The molecule has 0 aliphatic heterocycles. The van der Waals surface area contributed by atoms with E-state index in [1.165, 1.54) is 36.4 Å². The van der Waals surface area contributed by atoms with E-state index in [0.29, 0.717) is 0 Å². The van der Waals surface area contributed by atoms with Crippen LogP contribution in [0.1, 0.15) is 15.9 Å². The number of ether oxygens (including phenoxy) is 1. The molecule has 0 aliphatic rings. The van der Waals surface area contributed by atoms with Crippen molar-refractivity contribution in [3.63, 3.8) is 0 Å². The molecule has 2 aromatic rings. The highest BCUT2D eigenvalue weighted by Gasteiger charge is 2.33. The highest BCUT2D eigenvalue weighted by atomic mass is 35.5. The van der Waals surface area contributed by atoms with Crippen molar-refractivity contribution in [3.8, 4) is 5.75 Å². The quantitative estimate of drug-likeness (QED) is 0.728. The van der Waals surface area contributed by atoms with Gasteiger partial charge in [-0.15, -0.1) is 13.2 Å². The fraction of sp³-hybridized carbons (Fsp3) is 0.0714. The molecular formula is C14H7Cl2F3O2. The zero-order valence-electron chi connectivity index (χ0n) is 10.2. The van der Waals surface area contributed by atoms with Crippen LogP contribution in [0.5, 0.6) is 5.75 Å². The smallest absolute Gasteiger partial charge is 0.405 e. The number of hydrogen-bond donors (Lipinski definition) is 0. The zero-order chi connectivity index (χ0) is 15.6. The molecule has 0 N–H and O–H groups in total. The predicted octanol–water partition coefficient (Wildman–Crippen LogP) is 5.12. The molecule has 0 aliphatic carbocycles. The molecule has 0 saturated heterocycles. The van der Waals surface area contributed by atoms with Gasteiger partial charge in [-0.1, -0.05) is 41.4 Å². The molecule has 0 spiro atoms. The molecule has 2 rings (SSSR count). The Bertz CT molecular complexity index is 664. The number of hydrogen-bond acceptors (Lipinski definition) is 2. The van der Waals surface area contributed by atoms with Gasteiger partial charge in [-0.05, 0) is 24.3 Å². The summed E-state index contributed by atoms with van der Waals surface area (Å²) in [5, 5.41) is 0.101. The van der Waals surface area contributed by atoms with Crippen LogP contribution in [0.2, 0.25) is 10.0 Å². The van der Waals surface area contributed by atoms with Gasteiger partial charge in [-0.2, -0.15) is 0 Å². The first-order valence-corrected chi connectivity index (χ1v) is 6.38. The SMILES string of the molecule is O=C(c1ccccc1OC(F)(F)F)c1c(Cl)cccc1Cl. The van der Waals surface area contributed by atoms with Gasteiger partial charge in [0.2, 0.25) is 0 Å². The van der Waals surface area contributed by atoms with Gasteiger partial charge in [0.15, 0.2) is 5.78 Å². The van der Waals surface area contributed by atoms with Crippen molar-refractivity contribution < 1.29 is 22.7 Å². The van der Waals surface area contributed by atoms with E-state index in [-0.39, 0.29) is 21.2 Å². The zero-order valence-corrected chi connectivity index (χ0v) is 11.8. The molecule has 0 amide bonds. The summed E-state index contributed by atoms with van der Waals surface area (Å²) in [6.07, 6.45) is -4.90. The van der Waals surface area contributed by atoms with E-state index in [2.05, 4.69) is 4.74 Å². The number of carbonyl (C=O) groups is 1. The van der Waals surface area contributed by atoms with E-state index < -0.39 is 17.9 Å². The lowest BCUT2D eigenvalue weighted by molar-refractivity contribution is -0.274. The van der Waals surface area contributed by atoms with Crippen molar-refractivity contribution in [1.82, 2.24) is 0 Å². The first-order chi connectivity index (χ1) is 9.79. The van der Waals surface area contributed by atoms with Crippen LogP contribution in [0.15, 0.2) is 42.5 Å². The second-order valence-corrected chi connectivity index (χ2v) is 4.78. The molecule has 2 aromatic carbocycles. The number of halogens is 5. The van der Waals surface area contributed by atoms with Crippen LogP contribution in [-0.2, 0) is 0 Å². The molecule has 21 heavy (non-hydrogen) atoms. The van der Waals surface area contributed by atoms with Crippen molar-refractivity contribution in [3.05, 3.63) is 63.6 Å². The molecular weight excluding hydrogens is 328 g/mol. The Kier molecular flexibility index (Phi) is 4.44.